The molecule has 0 N–H and O–H groups in total. The van der Waals surface area contributed by atoms with E-state index in [2.05, 4.69) is 4.74 Å². The molecule has 0 aliphatic heterocycles. The maximum atomic E-state index is 13.5. The fourth-order valence-electron chi connectivity index (χ4n) is 1.90. The van der Waals surface area contributed by atoms with Crippen LogP contribution in [0.3, 0.4) is 0 Å². The predicted octanol–water partition coefficient (Wildman–Crippen LogP) is 5.99. The van der Waals surface area contributed by atoms with Crippen LogP contribution in [0.25, 0.3) is 0 Å². The molecule has 0 aromatic heterocycles. The summed E-state index contributed by atoms with van der Waals surface area (Å²) < 4.78 is 120. The van der Waals surface area contributed by atoms with Gasteiger partial charge in [0.2, 0.25) is 0 Å². The second-order valence-corrected chi connectivity index (χ2v) is 6.84. The first-order valence-corrected chi connectivity index (χ1v) is 7.68. The highest BCUT2D eigenvalue weighted by molar-refractivity contribution is 5.75. The minimum atomic E-state index is -5.41. The molecule has 0 bridgehead atoms. The van der Waals surface area contributed by atoms with Gasteiger partial charge in [0.05, 0.1) is 24.9 Å². The van der Waals surface area contributed by atoms with Crippen molar-refractivity contribution in [1.29, 1.82) is 0 Å². The monoisotopic (exact) mass is 404 g/mol. The van der Waals surface area contributed by atoms with Gasteiger partial charge in [0.15, 0.2) is 0 Å². The van der Waals surface area contributed by atoms with E-state index in [0.29, 0.717) is 6.42 Å². The SMILES string of the molecule is CCC(C)(C)C(=O)OCCC(F)(F)CC(F)(F)CC(F)(F)CC(F)(F)F. The summed E-state index contributed by atoms with van der Waals surface area (Å²) in [6.07, 6.45) is -14.3. The Kier molecular flexibility index (Phi) is 7.88. The number of halogens is 9. The van der Waals surface area contributed by atoms with Crippen LogP contribution in [0.2, 0.25) is 0 Å². The number of alkyl halides is 9. The molecule has 2 nitrogen and oxygen atoms in total. The van der Waals surface area contributed by atoms with Crippen LogP contribution in [0.5, 0.6) is 0 Å². The summed E-state index contributed by atoms with van der Waals surface area (Å²) in [6, 6.07) is 0. The molecule has 0 radical (unpaired) electrons. The maximum Gasteiger partial charge on any atom is 0.394 e. The van der Waals surface area contributed by atoms with Crippen molar-refractivity contribution < 1.29 is 49.0 Å². The molecule has 0 aliphatic rings. The van der Waals surface area contributed by atoms with Crippen LogP contribution in [0.4, 0.5) is 39.5 Å². The lowest BCUT2D eigenvalue weighted by Crippen LogP contribution is -2.38. The van der Waals surface area contributed by atoms with Gasteiger partial charge < -0.3 is 4.74 Å². The van der Waals surface area contributed by atoms with Crippen molar-refractivity contribution in [3.63, 3.8) is 0 Å². The number of rotatable bonds is 10. The second kappa shape index (κ2) is 8.24. The summed E-state index contributed by atoms with van der Waals surface area (Å²) in [5, 5.41) is 0. The quantitative estimate of drug-likeness (QED) is 0.330. The molecular formula is C15H21F9O2. The fraction of sp³-hybridized carbons (Fsp3) is 0.933. The van der Waals surface area contributed by atoms with Gasteiger partial charge in [0.1, 0.15) is 6.42 Å². The lowest BCUT2D eigenvalue weighted by atomic mass is 9.91. The number of carbonyl (C=O) groups is 1. The van der Waals surface area contributed by atoms with Crippen LogP contribution < -0.4 is 0 Å². The molecule has 26 heavy (non-hydrogen) atoms. The summed E-state index contributed by atoms with van der Waals surface area (Å²) >= 11 is 0. The van der Waals surface area contributed by atoms with E-state index in [9.17, 15) is 44.3 Å². The van der Waals surface area contributed by atoms with Crippen molar-refractivity contribution in [2.45, 2.75) is 76.8 Å². The highest BCUT2D eigenvalue weighted by Gasteiger charge is 2.53. The Morgan fingerprint density at radius 3 is 1.62 bits per heavy atom. The van der Waals surface area contributed by atoms with E-state index >= 15 is 0 Å². The predicted molar refractivity (Wildman–Crippen MR) is 74.4 cm³/mol. The largest absolute Gasteiger partial charge is 0.465 e. The second-order valence-electron chi connectivity index (χ2n) is 6.84. The lowest BCUT2D eigenvalue weighted by molar-refractivity contribution is -0.214. The van der Waals surface area contributed by atoms with Gasteiger partial charge in [0.25, 0.3) is 17.8 Å². The van der Waals surface area contributed by atoms with E-state index in [0.717, 1.165) is 0 Å². The zero-order valence-corrected chi connectivity index (χ0v) is 14.5. The van der Waals surface area contributed by atoms with Crippen LogP contribution >= 0.6 is 0 Å². The molecule has 156 valence electrons. The fourth-order valence-corrected chi connectivity index (χ4v) is 1.90. The Hall–Kier alpha value is -1.16. The molecule has 11 heteroatoms. The summed E-state index contributed by atoms with van der Waals surface area (Å²) in [7, 11) is 0. The van der Waals surface area contributed by atoms with Gasteiger partial charge in [0, 0.05) is 6.42 Å². The first kappa shape index (κ1) is 24.8. The zero-order valence-electron chi connectivity index (χ0n) is 14.5. The van der Waals surface area contributed by atoms with E-state index in [-0.39, 0.29) is 0 Å². The number of carbonyl (C=O) groups excluding carboxylic acids is 1. The molecule has 0 heterocycles. The summed E-state index contributed by atoms with van der Waals surface area (Å²) in [4.78, 5) is 11.6. The first-order valence-electron chi connectivity index (χ1n) is 7.68. The molecule has 0 rings (SSSR count). The Bertz CT molecular complexity index is 470. The normalized spacial score (nSPS) is 14.5. The third-order valence-electron chi connectivity index (χ3n) is 3.63. The number of hydrogen-bond acceptors (Lipinski definition) is 2. The number of hydrogen-bond donors (Lipinski definition) is 0. The molecule has 0 unspecified atom stereocenters. The molecule has 0 aliphatic carbocycles. The minimum Gasteiger partial charge on any atom is -0.465 e. The summed E-state index contributed by atoms with van der Waals surface area (Å²) in [5.41, 5.74) is -0.973. The van der Waals surface area contributed by atoms with Gasteiger partial charge in [-0.15, -0.1) is 0 Å². The molecule has 0 atom stereocenters. The molecule has 0 saturated heterocycles. The van der Waals surface area contributed by atoms with E-state index in [1.807, 2.05) is 0 Å². The standard InChI is InChI=1S/C15H21F9O2/c1-4-11(2,3)10(25)26-6-5-12(16,17)7-13(18,19)8-14(20,21)9-15(22,23)24/h4-9H2,1-3H3. The Morgan fingerprint density at radius 2 is 1.19 bits per heavy atom. The van der Waals surface area contributed by atoms with Gasteiger partial charge >= 0.3 is 12.1 Å². The van der Waals surface area contributed by atoms with Crippen LogP contribution in [0.1, 0.15) is 52.9 Å². The molecule has 0 aromatic carbocycles. The average Bonchev–Trinajstić information content (AvgIpc) is 2.31. The van der Waals surface area contributed by atoms with E-state index < -0.39 is 67.6 Å². The van der Waals surface area contributed by atoms with Gasteiger partial charge in [-0.1, -0.05) is 6.92 Å². The zero-order chi connectivity index (χ0) is 21.0. The molecule has 0 amide bonds. The van der Waals surface area contributed by atoms with Crippen molar-refractivity contribution >= 4 is 5.97 Å². The van der Waals surface area contributed by atoms with Crippen molar-refractivity contribution in [3.8, 4) is 0 Å². The van der Waals surface area contributed by atoms with Crippen molar-refractivity contribution in [2.24, 2.45) is 5.41 Å². The number of ether oxygens (including phenoxy) is 1. The van der Waals surface area contributed by atoms with Gasteiger partial charge in [-0.2, -0.15) is 13.2 Å². The van der Waals surface area contributed by atoms with E-state index in [1.165, 1.54) is 13.8 Å². The highest BCUT2D eigenvalue weighted by Crippen LogP contribution is 2.43. The Morgan fingerprint density at radius 1 is 0.769 bits per heavy atom. The summed E-state index contributed by atoms with van der Waals surface area (Å²) in [5.74, 6) is -14.6. The minimum absolute atomic E-state index is 0.328. The van der Waals surface area contributed by atoms with Gasteiger partial charge in [-0.25, -0.2) is 26.3 Å². The topological polar surface area (TPSA) is 26.3 Å². The first-order chi connectivity index (χ1) is 11.3. The molecule has 0 fully saturated rings. The molecule has 0 aromatic rings. The van der Waals surface area contributed by atoms with E-state index in [4.69, 9.17) is 0 Å². The highest BCUT2D eigenvalue weighted by atomic mass is 19.4. The van der Waals surface area contributed by atoms with Crippen LogP contribution in [0, 0.1) is 5.41 Å². The molecular weight excluding hydrogens is 383 g/mol. The average molecular weight is 404 g/mol. The Labute approximate surface area is 145 Å². The molecule has 0 spiro atoms. The molecule has 0 saturated carbocycles. The maximum absolute atomic E-state index is 13.5. The number of esters is 1. The van der Waals surface area contributed by atoms with Crippen molar-refractivity contribution in [3.05, 3.63) is 0 Å². The van der Waals surface area contributed by atoms with Crippen molar-refractivity contribution in [2.75, 3.05) is 6.61 Å². The van der Waals surface area contributed by atoms with E-state index in [1.54, 1.807) is 6.92 Å². The van der Waals surface area contributed by atoms with Crippen molar-refractivity contribution in [1.82, 2.24) is 0 Å². The van der Waals surface area contributed by atoms with Gasteiger partial charge in [-0.05, 0) is 20.3 Å². The van der Waals surface area contributed by atoms with Gasteiger partial charge in [-0.3, -0.25) is 4.79 Å². The van der Waals surface area contributed by atoms with Crippen LogP contribution in [-0.2, 0) is 9.53 Å². The lowest BCUT2D eigenvalue weighted by Gasteiger charge is -2.27. The van der Waals surface area contributed by atoms with Crippen LogP contribution in [-0.4, -0.2) is 36.5 Å². The van der Waals surface area contributed by atoms with Crippen LogP contribution in [0.15, 0.2) is 0 Å². The summed E-state index contributed by atoms with van der Waals surface area (Å²) in [6.45, 7) is 3.66. The Balaban J connectivity index is 4.69. The third kappa shape index (κ3) is 10.1. The smallest absolute Gasteiger partial charge is 0.394 e. The third-order valence-corrected chi connectivity index (χ3v) is 3.63.